The monoisotopic (exact) mass is 219 g/mol. The van der Waals surface area contributed by atoms with Crippen molar-refractivity contribution in [3.8, 4) is 0 Å². The molecule has 1 heterocycles. The molecule has 0 radical (unpaired) electrons. The van der Waals surface area contributed by atoms with Crippen molar-refractivity contribution in [2.75, 3.05) is 11.9 Å². The third kappa shape index (κ3) is 4.14. The Kier molecular flexibility index (Phi) is 3.49. The lowest BCUT2D eigenvalue weighted by atomic mass is 10.3. The van der Waals surface area contributed by atoms with Crippen LogP contribution in [0.2, 0.25) is 0 Å². The molecule has 0 spiro atoms. The van der Waals surface area contributed by atoms with Gasteiger partial charge in [-0.3, -0.25) is 0 Å². The van der Waals surface area contributed by atoms with Crippen LogP contribution in [-0.4, -0.2) is 22.7 Å². The van der Waals surface area contributed by atoms with Crippen molar-refractivity contribution in [3.63, 3.8) is 0 Å². The van der Waals surface area contributed by atoms with Gasteiger partial charge in [-0.05, 0) is 13.3 Å². The largest absolute Gasteiger partial charge is 0.405 e. The third-order valence-corrected chi connectivity index (χ3v) is 1.72. The fourth-order valence-corrected chi connectivity index (χ4v) is 1.09. The van der Waals surface area contributed by atoms with Gasteiger partial charge in [-0.2, -0.15) is 13.2 Å². The molecule has 0 saturated heterocycles. The maximum Gasteiger partial charge on any atom is 0.405 e. The average molecular weight is 219 g/mol. The number of hydrogen-bond acceptors (Lipinski definition) is 3. The third-order valence-electron chi connectivity index (χ3n) is 1.72. The lowest BCUT2D eigenvalue weighted by Gasteiger charge is -2.09. The first-order chi connectivity index (χ1) is 6.90. The maximum absolute atomic E-state index is 11.9. The van der Waals surface area contributed by atoms with Gasteiger partial charge in [0.15, 0.2) is 0 Å². The molecule has 84 valence electrons. The first kappa shape index (κ1) is 11.7. The van der Waals surface area contributed by atoms with Crippen LogP contribution in [0.1, 0.15) is 18.4 Å². The molecule has 3 nitrogen and oxygen atoms in total. The Morgan fingerprint density at radius 3 is 2.53 bits per heavy atom. The minimum atomic E-state index is -4.23. The van der Waals surface area contributed by atoms with Crippen LogP contribution in [0.3, 0.4) is 0 Å². The van der Waals surface area contributed by atoms with Gasteiger partial charge in [0.2, 0.25) is 0 Å². The van der Waals surface area contributed by atoms with Gasteiger partial charge in [-0.1, -0.05) is 6.92 Å². The fourth-order valence-electron chi connectivity index (χ4n) is 1.09. The summed E-state index contributed by atoms with van der Waals surface area (Å²) in [6, 6.07) is 1.53. The zero-order valence-corrected chi connectivity index (χ0v) is 8.52. The summed E-state index contributed by atoms with van der Waals surface area (Å²) >= 11 is 0. The van der Waals surface area contributed by atoms with E-state index in [1.165, 1.54) is 6.07 Å². The molecule has 1 aromatic heterocycles. The van der Waals surface area contributed by atoms with Crippen molar-refractivity contribution < 1.29 is 13.2 Å². The van der Waals surface area contributed by atoms with Crippen LogP contribution in [0.25, 0.3) is 0 Å². The lowest BCUT2D eigenvalue weighted by molar-refractivity contribution is -0.115. The molecule has 0 unspecified atom stereocenters. The first-order valence-electron chi connectivity index (χ1n) is 4.56. The molecule has 0 saturated carbocycles. The Bertz CT molecular complexity index is 336. The van der Waals surface area contributed by atoms with Gasteiger partial charge in [-0.15, -0.1) is 0 Å². The van der Waals surface area contributed by atoms with Crippen molar-refractivity contribution in [2.24, 2.45) is 0 Å². The first-order valence-corrected chi connectivity index (χ1v) is 4.56. The number of rotatable bonds is 3. The highest BCUT2D eigenvalue weighted by Crippen LogP contribution is 2.15. The summed E-state index contributed by atoms with van der Waals surface area (Å²) in [6.45, 7) is 2.46. The van der Waals surface area contributed by atoms with E-state index in [2.05, 4.69) is 15.3 Å². The summed E-state index contributed by atoms with van der Waals surface area (Å²) in [6.07, 6.45) is -3.56. The smallest absolute Gasteiger partial charge is 0.361 e. The van der Waals surface area contributed by atoms with Gasteiger partial charge < -0.3 is 5.32 Å². The molecule has 0 fully saturated rings. The number of aryl methyl sites for hydroxylation is 2. The van der Waals surface area contributed by atoms with Crippen LogP contribution < -0.4 is 5.32 Å². The molecule has 1 aromatic rings. The highest BCUT2D eigenvalue weighted by Gasteiger charge is 2.26. The van der Waals surface area contributed by atoms with E-state index in [9.17, 15) is 13.2 Å². The minimum absolute atomic E-state index is 0.219. The van der Waals surface area contributed by atoms with E-state index in [1.807, 2.05) is 6.92 Å². The van der Waals surface area contributed by atoms with Crippen molar-refractivity contribution in [3.05, 3.63) is 17.6 Å². The van der Waals surface area contributed by atoms with E-state index in [4.69, 9.17) is 0 Å². The van der Waals surface area contributed by atoms with Gasteiger partial charge in [0.05, 0.1) is 0 Å². The summed E-state index contributed by atoms with van der Waals surface area (Å²) < 4.78 is 35.8. The SMILES string of the molecule is CCc1cc(NCC(F)(F)F)nc(C)n1. The Labute approximate surface area is 85.7 Å². The Hall–Kier alpha value is -1.33. The molecule has 15 heavy (non-hydrogen) atoms. The highest BCUT2D eigenvalue weighted by molar-refractivity contribution is 5.36. The van der Waals surface area contributed by atoms with E-state index in [0.29, 0.717) is 12.2 Å². The summed E-state index contributed by atoms with van der Waals surface area (Å²) in [5.74, 6) is 0.690. The van der Waals surface area contributed by atoms with Gasteiger partial charge >= 0.3 is 6.18 Å². The van der Waals surface area contributed by atoms with Gasteiger partial charge in [0.1, 0.15) is 18.2 Å². The van der Waals surface area contributed by atoms with Crippen LogP contribution in [0, 0.1) is 6.92 Å². The number of aromatic nitrogens is 2. The Morgan fingerprint density at radius 1 is 1.33 bits per heavy atom. The molecule has 0 amide bonds. The normalized spacial score (nSPS) is 11.5. The quantitative estimate of drug-likeness (QED) is 0.847. The molecule has 1 N–H and O–H groups in total. The number of anilines is 1. The summed E-state index contributed by atoms with van der Waals surface area (Å²) in [4.78, 5) is 7.93. The second-order valence-electron chi connectivity index (χ2n) is 3.11. The second kappa shape index (κ2) is 4.46. The average Bonchev–Trinajstić information content (AvgIpc) is 2.13. The van der Waals surface area contributed by atoms with Crippen LogP contribution in [-0.2, 0) is 6.42 Å². The van der Waals surface area contributed by atoms with Crippen LogP contribution in [0.5, 0.6) is 0 Å². The zero-order valence-electron chi connectivity index (χ0n) is 8.52. The van der Waals surface area contributed by atoms with E-state index >= 15 is 0 Å². The van der Waals surface area contributed by atoms with Crippen molar-refractivity contribution in [1.82, 2.24) is 9.97 Å². The van der Waals surface area contributed by atoms with Crippen LogP contribution in [0.4, 0.5) is 19.0 Å². The van der Waals surface area contributed by atoms with Gasteiger partial charge in [0.25, 0.3) is 0 Å². The highest BCUT2D eigenvalue weighted by atomic mass is 19.4. The molecule has 0 aliphatic rings. The Morgan fingerprint density at radius 2 is 2.00 bits per heavy atom. The van der Waals surface area contributed by atoms with Gasteiger partial charge in [-0.25, -0.2) is 9.97 Å². The van der Waals surface area contributed by atoms with Crippen LogP contribution in [0.15, 0.2) is 6.07 Å². The molecule has 0 atom stereocenters. The van der Waals surface area contributed by atoms with Crippen molar-refractivity contribution >= 4 is 5.82 Å². The zero-order chi connectivity index (χ0) is 11.5. The molecule has 0 bridgehead atoms. The predicted octanol–water partition coefficient (Wildman–Crippen LogP) is 2.32. The molecule has 0 aromatic carbocycles. The Balaban J connectivity index is 2.73. The van der Waals surface area contributed by atoms with E-state index in [-0.39, 0.29) is 5.82 Å². The summed E-state index contributed by atoms with van der Waals surface area (Å²) in [7, 11) is 0. The van der Waals surface area contributed by atoms with Gasteiger partial charge in [0, 0.05) is 11.8 Å². The topological polar surface area (TPSA) is 37.8 Å². The maximum atomic E-state index is 11.9. The standard InChI is InChI=1S/C9H12F3N3/c1-3-7-4-8(15-6(2)14-7)13-5-9(10,11)12/h4H,3,5H2,1-2H3,(H,13,14,15). The van der Waals surface area contributed by atoms with E-state index in [0.717, 1.165) is 5.69 Å². The number of nitrogens with zero attached hydrogens (tertiary/aromatic N) is 2. The number of alkyl halides is 3. The van der Waals surface area contributed by atoms with Crippen LogP contribution >= 0.6 is 0 Å². The van der Waals surface area contributed by atoms with E-state index in [1.54, 1.807) is 6.92 Å². The number of halogens is 3. The number of hydrogen-bond donors (Lipinski definition) is 1. The minimum Gasteiger partial charge on any atom is -0.361 e. The predicted molar refractivity (Wildman–Crippen MR) is 50.7 cm³/mol. The second-order valence-corrected chi connectivity index (χ2v) is 3.11. The fraction of sp³-hybridized carbons (Fsp3) is 0.556. The van der Waals surface area contributed by atoms with Crippen molar-refractivity contribution in [2.45, 2.75) is 26.4 Å². The number of nitrogens with one attached hydrogen (secondary N) is 1. The summed E-state index contributed by atoms with van der Waals surface area (Å²) in [5.41, 5.74) is 0.729. The molecule has 6 heteroatoms. The molecule has 1 rings (SSSR count). The lowest BCUT2D eigenvalue weighted by Crippen LogP contribution is -2.22. The van der Waals surface area contributed by atoms with Crippen molar-refractivity contribution in [1.29, 1.82) is 0 Å². The summed E-state index contributed by atoms with van der Waals surface area (Å²) in [5, 5.41) is 2.22. The molecule has 0 aliphatic carbocycles. The van der Waals surface area contributed by atoms with E-state index < -0.39 is 12.7 Å². The molecule has 0 aliphatic heterocycles. The molecular weight excluding hydrogens is 207 g/mol. The molecular formula is C9H12F3N3.